The van der Waals surface area contributed by atoms with E-state index in [1.54, 1.807) is 7.11 Å². The van der Waals surface area contributed by atoms with E-state index in [1.807, 2.05) is 36.4 Å². The van der Waals surface area contributed by atoms with E-state index in [9.17, 15) is 4.79 Å². The van der Waals surface area contributed by atoms with Crippen molar-refractivity contribution in [1.82, 2.24) is 15.5 Å². The van der Waals surface area contributed by atoms with Crippen LogP contribution in [0, 0.1) is 0 Å². The fraction of sp³-hybridized carbons (Fsp3) is 0.273. The third-order valence-corrected chi connectivity index (χ3v) is 4.78. The number of nitrogens with one attached hydrogen (secondary N) is 2. The molecule has 0 fully saturated rings. The third kappa shape index (κ3) is 5.37. The number of aromatic nitrogens is 2. The Morgan fingerprint density at radius 2 is 1.72 bits per heavy atom. The van der Waals surface area contributed by atoms with Gasteiger partial charge in [0.1, 0.15) is 5.75 Å². The highest BCUT2D eigenvalue weighted by Crippen LogP contribution is 2.24. The van der Waals surface area contributed by atoms with E-state index in [1.165, 1.54) is 11.8 Å². The number of aromatic amines is 1. The summed E-state index contributed by atoms with van der Waals surface area (Å²) in [7, 11) is 1.61. The zero-order chi connectivity index (χ0) is 20.1. The monoisotopic (exact) mass is 414 g/mol. The van der Waals surface area contributed by atoms with Crippen LogP contribution in [-0.4, -0.2) is 29.8 Å². The van der Waals surface area contributed by atoms with E-state index >= 15 is 0 Å². The Kier molecular flexibility index (Phi) is 7.82. The molecule has 0 radical (unpaired) electrons. The van der Waals surface area contributed by atoms with Crippen LogP contribution in [-0.2, 0) is 0 Å². The van der Waals surface area contributed by atoms with Crippen molar-refractivity contribution in [2.75, 3.05) is 13.7 Å². The van der Waals surface area contributed by atoms with Gasteiger partial charge in [-0.15, -0.1) is 12.4 Å². The molecule has 2 aromatic carbocycles. The summed E-state index contributed by atoms with van der Waals surface area (Å²) in [5, 5.41) is 9.82. The number of nitrogens with zero attached hydrogens (tertiary/aromatic N) is 1. The van der Waals surface area contributed by atoms with E-state index in [-0.39, 0.29) is 24.4 Å². The minimum Gasteiger partial charge on any atom is -0.497 e. The molecule has 29 heavy (non-hydrogen) atoms. The van der Waals surface area contributed by atoms with Gasteiger partial charge in [-0.2, -0.15) is 5.10 Å². The van der Waals surface area contributed by atoms with Crippen molar-refractivity contribution >= 4 is 18.3 Å². The molecule has 3 rings (SSSR count). The Morgan fingerprint density at radius 3 is 2.31 bits per heavy atom. The molecule has 1 amide bonds. The fourth-order valence-electron chi connectivity index (χ4n) is 2.98. The zero-order valence-electron chi connectivity index (χ0n) is 16.8. The van der Waals surface area contributed by atoms with Gasteiger partial charge in [-0.3, -0.25) is 9.89 Å². The topological polar surface area (TPSA) is 93.0 Å². The maximum atomic E-state index is 12.7. The quantitative estimate of drug-likeness (QED) is 0.543. The second kappa shape index (κ2) is 10.1. The summed E-state index contributed by atoms with van der Waals surface area (Å²) in [6.45, 7) is 4.65. The molecule has 3 aromatic rings. The van der Waals surface area contributed by atoms with Gasteiger partial charge < -0.3 is 15.8 Å². The normalized spacial score (nSPS) is 11.6. The summed E-state index contributed by atoms with van der Waals surface area (Å²) < 4.78 is 5.17. The molecule has 4 N–H and O–H groups in total. The molecule has 0 bridgehead atoms. The molecule has 0 aliphatic rings. The van der Waals surface area contributed by atoms with Crippen molar-refractivity contribution in [3.63, 3.8) is 0 Å². The SMILES string of the molecule is COc1ccc(-c2[nH]ncc2C(=O)NCC(N)c2ccc(C(C)C)cc2)cc1.Cl. The molecule has 1 aromatic heterocycles. The number of methoxy groups -OCH3 is 1. The predicted molar refractivity (Wildman–Crippen MR) is 118 cm³/mol. The van der Waals surface area contributed by atoms with Crippen LogP contribution in [0.5, 0.6) is 5.75 Å². The lowest BCUT2D eigenvalue weighted by atomic mass is 9.99. The van der Waals surface area contributed by atoms with Crippen LogP contribution in [0.3, 0.4) is 0 Å². The molecule has 0 saturated carbocycles. The van der Waals surface area contributed by atoms with E-state index < -0.39 is 0 Å². The molecule has 1 unspecified atom stereocenters. The predicted octanol–water partition coefficient (Wildman–Crippen LogP) is 4.06. The Morgan fingerprint density at radius 1 is 1.10 bits per heavy atom. The van der Waals surface area contributed by atoms with Crippen molar-refractivity contribution in [3.8, 4) is 17.0 Å². The van der Waals surface area contributed by atoms with Gasteiger partial charge >= 0.3 is 0 Å². The van der Waals surface area contributed by atoms with E-state index in [0.717, 1.165) is 16.9 Å². The first-order valence-corrected chi connectivity index (χ1v) is 9.31. The van der Waals surface area contributed by atoms with Gasteiger partial charge in [0.05, 0.1) is 24.6 Å². The smallest absolute Gasteiger partial charge is 0.255 e. The second-order valence-corrected chi connectivity index (χ2v) is 7.03. The van der Waals surface area contributed by atoms with Crippen molar-refractivity contribution in [3.05, 3.63) is 71.4 Å². The highest BCUT2D eigenvalue weighted by Gasteiger charge is 2.16. The summed E-state index contributed by atoms with van der Waals surface area (Å²) in [5.74, 6) is 1.01. The third-order valence-electron chi connectivity index (χ3n) is 4.78. The lowest BCUT2D eigenvalue weighted by Crippen LogP contribution is -2.32. The van der Waals surface area contributed by atoms with Gasteiger partial charge in [0, 0.05) is 18.2 Å². The number of ether oxygens (including phenoxy) is 1. The Balaban J connectivity index is 0.00000300. The van der Waals surface area contributed by atoms with Crippen LogP contribution in [0.2, 0.25) is 0 Å². The lowest BCUT2D eigenvalue weighted by molar-refractivity contribution is 0.0952. The number of rotatable bonds is 7. The molecule has 1 heterocycles. The zero-order valence-corrected chi connectivity index (χ0v) is 17.6. The number of hydrogen-bond donors (Lipinski definition) is 3. The number of carbonyl (C=O) groups excluding carboxylic acids is 1. The maximum Gasteiger partial charge on any atom is 0.255 e. The first-order valence-electron chi connectivity index (χ1n) is 9.31. The average Bonchev–Trinajstić information content (AvgIpc) is 3.22. The Hall–Kier alpha value is -2.83. The number of nitrogens with two attached hydrogens (primary N) is 1. The van der Waals surface area contributed by atoms with Crippen LogP contribution in [0.1, 0.15) is 47.3 Å². The summed E-state index contributed by atoms with van der Waals surface area (Å²) in [4.78, 5) is 12.7. The fourth-order valence-corrected chi connectivity index (χ4v) is 2.98. The number of H-pyrrole nitrogens is 1. The number of amides is 1. The van der Waals surface area contributed by atoms with Gasteiger partial charge in [-0.25, -0.2) is 0 Å². The molecular formula is C22H27ClN4O2. The molecule has 0 spiro atoms. The van der Waals surface area contributed by atoms with Crippen molar-refractivity contribution in [2.45, 2.75) is 25.8 Å². The summed E-state index contributed by atoms with van der Waals surface area (Å²) in [6.07, 6.45) is 1.53. The van der Waals surface area contributed by atoms with E-state index in [4.69, 9.17) is 10.5 Å². The standard InChI is InChI=1S/C22H26N4O2.ClH/c1-14(2)15-4-6-16(7-5-15)20(23)13-24-22(27)19-12-25-26-21(19)17-8-10-18(28-3)11-9-17;/h4-12,14,20H,13,23H2,1-3H3,(H,24,27)(H,25,26);1H. The number of benzene rings is 2. The summed E-state index contributed by atoms with van der Waals surface area (Å²) >= 11 is 0. The Bertz CT molecular complexity index is 921. The first kappa shape index (κ1) is 22.5. The van der Waals surface area contributed by atoms with Crippen LogP contribution < -0.4 is 15.8 Å². The molecule has 7 heteroatoms. The number of carbonyl (C=O) groups is 1. The van der Waals surface area contributed by atoms with Crippen LogP contribution in [0.15, 0.2) is 54.7 Å². The van der Waals surface area contributed by atoms with Crippen LogP contribution in [0.25, 0.3) is 11.3 Å². The molecule has 1 atom stereocenters. The molecule has 0 aliphatic carbocycles. The van der Waals surface area contributed by atoms with Crippen molar-refractivity contribution in [2.24, 2.45) is 5.73 Å². The lowest BCUT2D eigenvalue weighted by Gasteiger charge is -2.14. The largest absolute Gasteiger partial charge is 0.497 e. The van der Waals surface area contributed by atoms with Gasteiger partial charge in [0.15, 0.2) is 0 Å². The molecule has 6 nitrogen and oxygen atoms in total. The highest BCUT2D eigenvalue weighted by molar-refractivity contribution is 5.99. The molecule has 0 saturated heterocycles. The van der Waals surface area contributed by atoms with E-state index in [2.05, 4.69) is 41.5 Å². The van der Waals surface area contributed by atoms with E-state index in [0.29, 0.717) is 23.7 Å². The highest BCUT2D eigenvalue weighted by atomic mass is 35.5. The molecular weight excluding hydrogens is 388 g/mol. The number of halogens is 1. The van der Waals surface area contributed by atoms with Crippen molar-refractivity contribution in [1.29, 1.82) is 0 Å². The summed E-state index contributed by atoms with van der Waals surface area (Å²) in [5.41, 5.74) is 10.5. The van der Waals surface area contributed by atoms with Gasteiger partial charge in [0.25, 0.3) is 5.91 Å². The molecule has 0 aliphatic heterocycles. The Labute approximate surface area is 177 Å². The minimum atomic E-state index is -0.276. The van der Waals surface area contributed by atoms with Gasteiger partial charge in [-0.05, 0) is 41.3 Å². The second-order valence-electron chi connectivity index (χ2n) is 7.03. The minimum absolute atomic E-state index is 0. The number of hydrogen-bond acceptors (Lipinski definition) is 4. The maximum absolute atomic E-state index is 12.7. The van der Waals surface area contributed by atoms with Gasteiger partial charge in [-0.1, -0.05) is 38.1 Å². The van der Waals surface area contributed by atoms with Gasteiger partial charge in [0.2, 0.25) is 0 Å². The average molecular weight is 415 g/mol. The molecule has 154 valence electrons. The van der Waals surface area contributed by atoms with Crippen molar-refractivity contribution < 1.29 is 9.53 Å². The summed E-state index contributed by atoms with van der Waals surface area (Å²) in [6, 6.07) is 15.4. The van der Waals surface area contributed by atoms with Crippen LogP contribution >= 0.6 is 12.4 Å². The van der Waals surface area contributed by atoms with Crippen LogP contribution in [0.4, 0.5) is 0 Å². The first-order chi connectivity index (χ1) is 13.5.